The Morgan fingerprint density at radius 3 is 2.10 bits per heavy atom. The minimum Gasteiger partial charge on any atom is -0.507 e. The second-order valence-corrected chi connectivity index (χ2v) is 12.3. The summed E-state index contributed by atoms with van der Waals surface area (Å²) in [5, 5.41) is 74.2. The lowest BCUT2D eigenvalue weighted by molar-refractivity contribution is -0.345. The molecule has 4 unspecified atom stereocenters. The van der Waals surface area contributed by atoms with Crippen LogP contribution < -0.4 is 19.6 Å². The van der Waals surface area contributed by atoms with Crippen molar-refractivity contribution in [3.8, 4) is 40.1 Å². The van der Waals surface area contributed by atoms with Crippen molar-refractivity contribution >= 4 is 11.0 Å². The van der Waals surface area contributed by atoms with E-state index in [1.54, 1.807) is 0 Å². The second kappa shape index (κ2) is 14.5. The fraction of sp³-hybridized carbons (Fsp3) is 0.500. The molecule has 10 atom stereocenters. The highest BCUT2D eigenvalue weighted by Crippen LogP contribution is 2.42. The number of methoxy groups -OCH3 is 2. The zero-order valence-corrected chi connectivity index (χ0v) is 27.8. The van der Waals surface area contributed by atoms with Gasteiger partial charge in [0.25, 0.3) is 0 Å². The van der Waals surface area contributed by atoms with Crippen molar-refractivity contribution < 1.29 is 68.6 Å². The molecule has 0 radical (unpaired) electrons. The number of rotatable bonds is 9. The molecule has 0 aliphatic carbocycles. The molecule has 2 fully saturated rings. The molecule has 0 amide bonds. The summed E-state index contributed by atoms with van der Waals surface area (Å²) in [5.74, 6) is -1.11. The molecule has 0 spiro atoms. The number of hydrogen-bond donors (Lipinski definition) is 7. The van der Waals surface area contributed by atoms with Gasteiger partial charge in [-0.15, -0.1) is 0 Å². The molecule has 3 heterocycles. The van der Waals surface area contributed by atoms with Crippen molar-refractivity contribution in [2.24, 2.45) is 0 Å². The van der Waals surface area contributed by atoms with Gasteiger partial charge in [0.15, 0.2) is 23.5 Å². The Kier molecular flexibility index (Phi) is 10.8. The van der Waals surface area contributed by atoms with E-state index in [1.807, 2.05) is 19.9 Å². The first-order chi connectivity index (χ1) is 23.2. The minimum absolute atomic E-state index is 0.0171. The highest BCUT2D eigenvalue weighted by Gasteiger charge is 2.50. The van der Waals surface area contributed by atoms with Crippen molar-refractivity contribution in [2.45, 2.75) is 95.5 Å². The van der Waals surface area contributed by atoms with E-state index < -0.39 is 78.3 Å². The van der Waals surface area contributed by atoms with E-state index in [4.69, 9.17) is 32.8 Å². The molecule has 2 aliphatic rings. The van der Waals surface area contributed by atoms with Crippen LogP contribution >= 0.6 is 0 Å². The number of aromatic hydroxyl groups is 2. The van der Waals surface area contributed by atoms with Crippen LogP contribution in [0.5, 0.6) is 28.7 Å². The van der Waals surface area contributed by atoms with Gasteiger partial charge in [0.05, 0.1) is 26.4 Å². The van der Waals surface area contributed by atoms with Gasteiger partial charge in [-0.3, -0.25) is 4.79 Å². The SMILES string of the molecule is COc1ccc(-c2oc3c(CC=C(C)C)c(OC)cc(O)c3c(=O)c2O[C@@H]2OC(C)[C@H](O[C@@H]3OC(C)[C@H](O)C(O)[C@@H]3O)C(O)[C@@H]2O)cc1O. The highest BCUT2D eigenvalue weighted by atomic mass is 16.7. The summed E-state index contributed by atoms with van der Waals surface area (Å²) in [4.78, 5) is 14.2. The number of phenols is 2. The first-order valence-electron chi connectivity index (χ1n) is 15.6. The van der Waals surface area contributed by atoms with Gasteiger partial charge in [0.1, 0.15) is 59.1 Å². The molecule has 7 N–H and O–H groups in total. The molecule has 5 rings (SSSR count). The number of allylic oxidation sites excluding steroid dienone is 2. The standard InChI is InChI=1S/C34H42O15/c1-13(2)7-9-17-21(44-6)12-19(36)22-24(38)32(30(47-31(17)22)16-8-10-20(43-5)18(35)11-16)49-34-28(42)26(40)29(15(4)46-34)48-33-27(41)25(39)23(37)14(3)45-33/h7-8,10-12,14-15,23,25-29,33-37,39-42H,9H2,1-6H3/t14?,15?,23-,25?,26?,27-,28-,29-,33-,34-/m0/s1. The number of aliphatic hydroxyl groups is 5. The maximum atomic E-state index is 14.2. The fourth-order valence-electron chi connectivity index (χ4n) is 5.86. The minimum atomic E-state index is -1.86. The van der Waals surface area contributed by atoms with Crippen LogP contribution in [0.2, 0.25) is 0 Å². The van der Waals surface area contributed by atoms with Crippen molar-refractivity contribution in [1.29, 1.82) is 0 Å². The lowest BCUT2D eigenvalue weighted by Gasteiger charge is -2.45. The first-order valence-corrected chi connectivity index (χ1v) is 15.6. The summed E-state index contributed by atoms with van der Waals surface area (Å²) in [7, 11) is 2.77. The van der Waals surface area contributed by atoms with Crippen molar-refractivity contribution in [1.82, 2.24) is 0 Å². The Morgan fingerprint density at radius 2 is 1.47 bits per heavy atom. The van der Waals surface area contributed by atoms with E-state index in [-0.39, 0.29) is 46.0 Å². The quantitative estimate of drug-likeness (QED) is 0.158. The first kappa shape index (κ1) is 36.4. The third kappa shape index (κ3) is 6.93. The van der Waals surface area contributed by atoms with Crippen LogP contribution in [0.1, 0.15) is 33.3 Å². The number of benzene rings is 2. The van der Waals surface area contributed by atoms with E-state index in [0.29, 0.717) is 5.56 Å². The molecule has 1 aromatic heterocycles. The average molecular weight is 691 g/mol. The maximum Gasteiger partial charge on any atom is 0.239 e. The van der Waals surface area contributed by atoms with Gasteiger partial charge in [-0.2, -0.15) is 0 Å². The van der Waals surface area contributed by atoms with Crippen LogP contribution in [0.3, 0.4) is 0 Å². The van der Waals surface area contributed by atoms with Gasteiger partial charge in [0.2, 0.25) is 17.5 Å². The molecule has 2 saturated heterocycles. The van der Waals surface area contributed by atoms with E-state index in [1.165, 1.54) is 52.3 Å². The van der Waals surface area contributed by atoms with Crippen LogP contribution in [-0.2, 0) is 20.6 Å². The molecule has 2 aliphatic heterocycles. The van der Waals surface area contributed by atoms with Crippen molar-refractivity contribution in [3.05, 3.63) is 51.7 Å². The number of phenolic OH excluding ortho intramolecular Hbond substituents is 2. The van der Waals surface area contributed by atoms with Crippen LogP contribution in [0.15, 0.2) is 45.1 Å². The van der Waals surface area contributed by atoms with Gasteiger partial charge in [-0.25, -0.2) is 0 Å². The smallest absolute Gasteiger partial charge is 0.239 e. The molecular weight excluding hydrogens is 648 g/mol. The fourth-order valence-corrected chi connectivity index (χ4v) is 5.86. The number of ether oxygens (including phenoxy) is 6. The predicted molar refractivity (Wildman–Crippen MR) is 172 cm³/mol. The summed E-state index contributed by atoms with van der Waals surface area (Å²) >= 11 is 0. The maximum absolute atomic E-state index is 14.2. The molecule has 3 aromatic rings. The van der Waals surface area contributed by atoms with Crippen LogP contribution in [0, 0.1) is 0 Å². The zero-order valence-electron chi connectivity index (χ0n) is 27.8. The van der Waals surface area contributed by atoms with Crippen LogP contribution in [-0.4, -0.2) is 111 Å². The number of fused-ring (bicyclic) bond motifs is 1. The van der Waals surface area contributed by atoms with Crippen molar-refractivity contribution in [3.63, 3.8) is 0 Å². The van der Waals surface area contributed by atoms with E-state index in [9.17, 15) is 40.5 Å². The molecule has 15 heteroatoms. The second-order valence-electron chi connectivity index (χ2n) is 12.3. The molecule has 2 aromatic carbocycles. The molecule has 49 heavy (non-hydrogen) atoms. The summed E-state index contributed by atoms with van der Waals surface area (Å²) in [5.41, 5.74) is 0.688. The Morgan fingerprint density at radius 1 is 0.816 bits per heavy atom. The summed E-state index contributed by atoms with van der Waals surface area (Å²) < 4.78 is 40.0. The highest BCUT2D eigenvalue weighted by molar-refractivity contribution is 5.91. The molecule has 268 valence electrons. The summed E-state index contributed by atoms with van der Waals surface area (Å²) in [6, 6.07) is 5.47. The third-order valence-corrected chi connectivity index (χ3v) is 8.65. The Hall–Kier alpha value is -3.93. The average Bonchev–Trinajstić information content (AvgIpc) is 3.06. The van der Waals surface area contributed by atoms with Gasteiger partial charge in [0, 0.05) is 17.2 Å². The Labute approximate surface area is 281 Å². The van der Waals surface area contributed by atoms with E-state index in [0.717, 1.165) is 5.57 Å². The Balaban J connectivity index is 1.57. The van der Waals surface area contributed by atoms with Gasteiger partial charge in [-0.1, -0.05) is 11.6 Å². The van der Waals surface area contributed by atoms with E-state index >= 15 is 0 Å². The van der Waals surface area contributed by atoms with Crippen molar-refractivity contribution in [2.75, 3.05) is 14.2 Å². The predicted octanol–water partition coefficient (Wildman–Crippen LogP) is 1.46. The number of hydrogen-bond acceptors (Lipinski definition) is 15. The normalized spacial score (nSPS) is 30.2. The largest absolute Gasteiger partial charge is 0.507 e. The molecule has 0 bridgehead atoms. The lowest BCUT2D eigenvalue weighted by Crippen LogP contribution is -2.63. The monoisotopic (exact) mass is 690 g/mol. The lowest BCUT2D eigenvalue weighted by atomic mass is 9.97. The number of aliphatic hydroxyl groups excluding tert-OH is 5. The zero-order chi connectivity index (χ0) is 35.9. The molecular formula is C34H42O15. The van der Waals surface area contributed by atoms with Crippen LogP contribution in [0.4, 0.5) is 0 Å². The molecule has 0 saturated carbocycles. The van der Waals surface area contributed by atoms with Gasteiger partial charge >= 0.3 is 0 Å². The van der Waals surface area contributed by atoms with Gasteiger partial charge < -0.3 is 68.6 Å². The molecule has 15 nitrogen and oxygen atoms in total. The summed E-state index contributed by atoms with van der Waals surface area (Å²) in [6.45, 7) is 6.71. The topological polar surface area (TPSA) is 227 Å². The third-order valence-electron chi connectivity index (χ3n) is 8.65. The van der Waals surface area contributed by atoms with E-state index in [2.05, 4.69) is 0 Å². The van der Waals surface area contributed by atoms with Gasteiger partial charge in [-0.05, 0) is 52.3 Å². The summed E-state index contributed by atoms with van der Waals surface area (Å²) in [6.07, 6.45) is -12.6. The van der Waals surface area contributed by atoms with Crippen LogP contribution in [0.25, 0.3) is 22.3 Å². The Bertz CT molecular complexity index is 1750.